The van der Waals surface area contributed by atoms with Gasteiger partial charge in [0.25, 0.3) is 0 Å². The van der Waals surface area contributed by atoms with E-state index in [4.69, 9.17) is 0 Å². The highest BCUT2D eigenvalue weighted by Crippen LogP contribution is 2.44. The zero-order valence-electron chi connectivity index (χ0n) is 9.52. The Bertz CT molecular complexity index is 399. The highest BCUT2D eigenvalue weighted by Gasteiger charge is 2.62. The van der Waals surface area contributed by atoms with Crippen molar-refractivity contribution in [1.29, 1.82) is 0 Å². The van der Waals surface area contributed by atoms with Gasteiger partial charge in [-0.3, -0.25) is 0 Å². The lowest BCUT2D eigenvalue weighted by Crippen LogP contribution is -2.50. The summed E-state index contributed by atoms with van der Waals surface area (Å²) in [5.74, 6) is -1.28. The fourth-order valence-corrected chi connectivity index (χ4v) is 10.1. The molecule has 0 spiro atoms. The van der Waals surface area contributed by atoms with E-state index in [1.54, 1.807) is 27.7 Å². The van der Waals surface area contributed by atoms with Crippen LogP contribution in [0.15, 0.2) is 0 Å². The molecule has 0 aromatic heterocycles. The molecule has 0 saturated carbocycles. The molecule has 1 heterocycles. The summed E-state index contributed by atoms with van der Waals surface area (Å²) in [5.41, 5.74) is 0. The van der Waals surface area contributed by atoms with E-state index in [2.05, 4.69) is 0 Å². The second-order valence-electron chi connectivity index (χ2n) is 4.67. The zero-order chi connectivity index (χ0) is 12.1. The van der Waals surface area contributed by atoms with E-state index in [-0.39, 0.29) is 11.5 Å². The van der Waals surface area contributed by atoms with Gasteiger partial charge in [0, 0.05) is 0 Å². The Labute approximate surface area is 91.9 Å². The van der Waals surface area contributed by atoms with Gasteiger partial charge in [-0.25, -0.2) is 16.8 Å². The third-order valence-corrected chi connectivity index (χ3v) is 10.3. The molecule has 0 bridgehead atoms. The molecule has 0 aromatic rings. The van der Waals surface area contributed by atoms with Gasteiger partial charge in [0.2, 0.25) is 0 Å². The van der Waals surface area contributed by atoms with Crippen LogP contribution in [0, 0.1) is 11.8 Å². The Morgan fingerprint density at radius 3 is 1.20 bits per heavy atom. The number of hydrogen-bond donors (Lipinski definition) is 0. The van der Waals surface area contributed by atoms with Crippen LogP contribution in [0.4, 0.5) is 0 Å². The third kappa shape index (κ3) is 1.45. The van der Waals surface area contributed by atoms with Crippen LogP contribution in [0.1, 0.15) is 27.7 Å². The predicted molar refractivity (Wildman–Crippen MR) is 60.0 cm³/mol. The smallest absolute Gasteiger partial charge is 0.177 e. The summed E-state index contributed by atoms with van der Waals surface area (Å²) < 4.78 is 46.4. The van der Waals surface area contributed by atoms with E-state index in [1.807, 2.05) is 0 Å². The SMILES string of the molecule is CC(C)C1(C(C)C)S(=O)(=O)CCS1(=O)=O. The molecule has 4 nitrogen and oxygen atoms in total. The van der Waals surface area contributed by atoms with E-state index >= 15 is 0 Å². The molecule has 0 radical (unpaired) electrons. The Morgan fingerprint density at radius 1 is 0.800 bits per heavy atom. The molecular formula is C9H18O4S2. The van der Waals surface area contributed by atoms with Crippen molar-refractivity contribution in [2.45, 2.75) is 31.8 Å². The normalized spacial score (nSPS) is 27.3. The van der Waals surface area contributed by atoms with Crippen LogP contribution in [0.2, 0.25) is 0 Å². The lowest BCUT2D eigenvalue weighted by atomic mass is 9.99. The molecular weight excluding hydrogens is 236 g/mol. The largest absolute Gasteiger partial charge is 0.227 e. The molecule has 0 N–H and O–H groups in total. The minimum Gasteiger partial charge on any atom is -0.227 e. The number of hydrogen-bond acceptors (Lipinski definition) is 4. The maximum absolute atomic E-state index is 12.0. The standard InChI is InChI=1S/C9H18O4S2/c1-7(2)9(8(3)4)14(10,11)5-6-15(9,12)13/h7-8H,5-6H2,1-4H3. The third-order valence-electron chi connectivity index (χ3n) is 3.20. The van der Waals surface area contributed by atoms with Crippen LogP contribution in [-0.4, -0.2) is 32.4 Å². The molecule has 1 aliphatic heterocycles. The van der Waals surface area contributed by atoms with Crippen LogP contribution in [0.3, 0.4) is 0 Å². The first-order valence-electron chi connectivity index (χ1n) is 5.04. The Kier molecular flexibility index (Phi) is 2.98. The molecule has 0 aromatic carbocycles. The quantitative estimate of drug-likeness (QED) is 0.732. The second kappa shape index (κ2) is 3.45. The molecule has 0 amide bonds. The van der Waals surface area contributed by atoms with Gasteiger partial charge in [-0.1, -0.05) is 27.7 Å². The fraction of sp³-hybridized carbons (Fsp3) is 1.00. The maximum Gasteiger partial charge on any atom is 0.177 e. The lowest BCUT2D eigenvalue weighted by molar-refractivity contribution is 0.399. The molecule has 1 aliphatic rings. The summed E-state index contributed by atoms with van der Waals surface area (Å²) in [7, 11) is -7.09. The van der Waals surface area contributed by atoms with Crippen molar-refractivity contribution in [3.8, 4) is 0 Å². The zero-order valence-corrected chi connectivity index (χ0v) is 11.2. The monoisotopic (exact) mass is 254 g/mol. The van der Waals surface area contributed by atoms with Gasteiger partial charge in [-0.15, -0.1) is 0 Å². The number of sulfone groups is 2. The first kappa shape index (κ1) is 13.0. The van der Waals surface area contributed by atoms with Crippen LogP contribution >= 0.6 is 0 Å². The summed E-state index contributed by atoms with van der Waals surface area (Å²) in [5, 5.41) is 0. The molecule has 0 aliphatic carbocycles. The van der Waals surface area contributed by atoms with Gasteiger partial charge >= 0.3 is 0 Å². The van der Waals surface area contributed by atoms with Crippen LogP contribution in [-0.2, 0) is 19.7 Å². The first-order valence-corrected chi connectivity index (χ1v) is 8.34. The molecule has 1 rings (SSSR count). The van der Waals surface area contributed by atoms with Gasteiger partial charge in [0.1, 0.15) is 0 Å². The van der Waals surface area contributed by atoms with Gasteiger partial charge in [0.15, 0.2) is 23.8 Å². The van der Waals surface area contributed by atoms with Crippen LogP contribution in [0.25, 0.3) is 0 Å². The molecule has 1 saturated heterocycles. The Hall–Kier alpha value is -0.100. The average Bonchev–Trinajstić information content (AvgIpc) is 2.17. The first-order chi connectivity index (χ1) is 6.59. The van der Waals surface area contributed by atoms with Gasteiger partial charge < -0.3 is 0 Å². The van der Waals surface area contributed by atoms with E-state index in [1.165, 1.54) is 0 Å². The minimum atomic E-state index is -3.54. The van der Waals surface area contributed by atoms with Crippen molar-refractivity contribution in [1.82, 2.24) is 0 Å². The topological polar surface area (TPSA) is 68.3 Å². The molecule has 1 fully saturated rings. The molecule has 0 atom stereocenters. The van der Waals surface area contributed by atoms with Crippen molar-refractivity contribution < 1.29 is 16.8 Å². The van der Waals surface area contributed by atoms with Crippen LogP contribution in [0.5, 0.6) is 0 Å². The van der Waals surface area contributed by atoms with Crippen LogP contribution < -0.4 is 0 Å². The minimum absolute atomic E-state index is 0.230. The van der Waals surface area contributed by atoms with Crippen molar-refractivity contribution >= 4 is 19.7 Å². The second-order valence-corrected chi connectivity index (χ2v) is 9.55. The Morgan fingerprint density at radius 2 is 1.07 bits per heavy atom. The summed E-state index contributed by atoms with van der Waals surface area (Å²) >= 11 is 0. The van der Waals surface area contributed by atoms with Crippen molar-refractivity contribution in [2.24, 2.45) is 11.8 Å². The summed E-state index contributed by atoms with van der Waals surface area (Å²) in [4.78, 5) is 0. The van der Waals surface area contributed by atoms with E-state index in [9.17, 15) is 16.8 Å². The van der Waals surface area contributed by atoms with Gasteiger partial charge in [-0.05, 0) is 11.8 Å². The van der Waals surface area contributed by atoms with E-state index < -0.39 is 35.6 Å². The van der Waals surface area contributed by atoms with Crippen molar-refractivity contribution in [2.75, 3.05) is 11.5 Å². The number of rotatable bonds is 2. The molecule has 0 unspecified atom stereocenters. The highest BCUT2D eigenvalue weighted by atomic mass is 32.3. The Balaban J connectivity index is 3.64. The average molecular weight is 254 g/mol. The highest BCUT2D eigenvalue weighted by molar-refractivity contribution is 8.13. The lowest BCUT2D eigenvalue weighted by Gasteiger charge is -2.34. The van der Waals surface area contributed by atoms with Crippen molar-refractivity contribution in [3.05, 3.63) is 0 Å². The molecule has 15 heavy (non-hydrogen) atoms. The molecule has 90 valence electrons. The van der Waals surface area contributed by atoms with Crippen molar-refractivity contribution in [3.63, 3.8) is 0 Å². The summed E-state index contributed by atoms with van der Waals surface area (Å²) in [6.45, 7) is 6.67. The predicted octanol–water partition coefficient (Wildman–Crippen LogP) is 0.838. The van der Waals surface area contributed by atoms with E-state index in [0.29, 0.717) is 0 Å². The summed E-state index contributed by atoms with van der Waals surface area (Å²) in [6, 6.07) is 0. The maximum atomic E-state index is 12.0. The van der Waals surface area contributed by atoms with Gasteiger partial charge in [0.05, 0.1) is 11.5 Å². The molecule has 6 heteroatoms. The van der Waals surface area contributed by atoms with E-state index in [0.717, 1.165) is 0 Å². The summed E-state index contributed by atoms with van der Waals surface area (Å²) in [6.07, 6.45) is 0. The fourth-order valence-electron chi connectivity index (χ4n) is 2.84. The van der Waals surface area contributed by atoms with Gasteiger partial charge in [-0.2, -0.15) is 0 Å².